The maximum atomic E-state index is 12.3. The van der Waals surface area contributed by atoms with E-state index in [1.807, 2.05) is 78.9 Å². The molecule has 0 saturated heterocycles. The Kier molecular flexibility index (Phi) is 5.54. The highest BCUT2D eigenvalue weighted by molar-refractivity contribution is 5.62. The molecule has 1 aliphatic carbocycles. The van der Waals surface area contributed by atoms with Crippen molar-refractivity contribution < 1.29 is 19.7 Å². The highest BCUT2D eigenvalue weighted by Gasteiger charge is 2.61. The van der Waals surface area contributed by atoms with Gasteiger partial charge in [0.05, 0.1) is 25.7 Å². The van der Waals surface area contributed by atoms with E-state index < -0.39 is 17.1 Å². The molecule has 3 aromatic carbocycles. The number of hydrogen-bond donors (Lipinski definition) is 2. The summed E-state index contributed by atoms with van der Waals surface area (Å²) in [6, 6.07) is 25.3. The molecule has 30 heavy (non-hydrogen) atoms. The van der Waals surface area contributed by atoms with Crippen molar-refractivity contribution in [3.8, 4) is 11.5 Å². The summed E-state index contributed by atoms with van der Waals surface area (Å²) in [5.41, 5.74) is -0.0678. The van der Waals surface area contributed by atoms with Gasteiger partial charge in [-0.1, -0.05) is 66.7 Å². The Labute approximate surface area is 177 Å². The third-order valence-corrected chi connectivity index (χ3v) is 6.46. The van der Waals surface area contributed by atoms with Crippen LogP contribution in [0.5, 0.6) is 11.5 Å². The molecule has 0 spiro atoms. The quantitative estimate of drug-likeness (QED) is 0.601. The highest BCUT2D eigenvalue weighted by atomic mass is 16.5. The van der Waals surface area contributed by atoms with Crippen molar-refractivity contribution in [1.29, 1.82) is 0 Å². The number of aliphatic hydroxyl groups excluding tert-OH is 1. The fraction of sp³-hybridized carbons (Fsp3) is 0.308. The summed E-state index contributed by atoms with van der Waals surface area (Å²) in [6.07, 6.45) is 0.831. The Morgan fingerprint density at radius 3 is 1.77 bits per heavy atom. The number of rotatable bonds is 6. The standard InChI is InChI=1S/C26H28O4/c1-29-22-15-8-6-13-20(22)26(19-11-4-3-5-12-19,25(28)18-10-17-24(25)27)21-14-7-9-16-23(21)30-2/h3-9,11-16,24,27-28H,10,17-18H2,1-2H3. The van der Waals surface area contributed by atoms with Gasteiger partial charge in [-0.15, -0.1) is 0 Å². The molecule has 3 aromatic rings. The van der Waals surface area contributed by atoms with Crippen LogP contribution in [0.1, 0.15) is 36.0 Å². The van der Waals surface area contributed by atoms with Crippen LogP contribution in [0.3, 0.4) is 0 Å². The smallest absolute Gasteiger partial charge is 0.123 e. The van der Waals surface area contributed by atoms with Crippen molar-refractivity contribution in [2.24, 2.45) is 0 Å². The van der Waals surface area contributed by atoms with Crippen LogP contribution in [-0.4, -0.2) is 36.1 Å². The molecule has 1 aliphatic rings. The first kappa shape index (κ1) is 20.5. The molecule has 4 nitrogen and oxygen atoms in total. The summed E-state index contributed by atoms with van der Waals surface area (Å²) in [4.78, 5) is 0. The van der Waals surface area contributed by atoms with Crippen LogP contribution in [-0.2, 0) is 5.41 Å². The lowest BCUT2D eigenvalue weighted by Gasteiger charge is -2.49. The first-order valence-corrected chi connectivity index (χ1v) is 10.3. The van der Waals surface area contributed by atoms with E-state index in [0.29, 0.717) is 24.3 Å². The monoisotopic (exact) mass is 404 g/mol. The number of ether oxygens (including phenoxy) is 2. The van der Waals surface area contributed by atoms with E-state index in [0.717, 1.165) is 23.1 Å². The normalized spacial score (nSPS) is 21.4. The van der Waals surface area contributed by atoms with Crippen molar-refractivity contribution in [1.82, 2.24) is 0 Å². The van der Waals surface area contributed by atoms with Crippen molar-refractivity contribution >= 4 is 0 Å². The minimum absolute atomic E-state index is 0.457. The molecule has 2 atom stereocenters. The zero-order chi connectivity index (χ0) is 21.2. The first-order chi connectivity index (χ1) is 14.6. The Hall–Kier alpha value is -2.82. The number of methoxy groups -OCH3 is 2. The Morgan fingerprint density at radius 1 is 0.800 bits per heavy atom. The summed E-state index contributed by atoms with van der Waals surface area (Å²) in [5, 5.41) is 23.5. The minimum atomic E-state index is -1.45. The molecular formula is C26H28O4. The van der Waals surface area contributed by atoms with Gasteiger partial charge in [0.2, 0.25) is 0 Å². The van der Waals surface area contributed by atoms with Gasteiger partial charge in [-0.05, 0) is 37.0 Å². The van der Waals surface area contributed by atoms with Crippen LogP contribution in [0.2, 0.25) is 0 Å². The highest BCUT2D eigenvalue weighted by Crippen LogP contribution is 2.57. The molecular weight excluding hydrogens is 376 g/mol. The number of benzene rings is 3. The Morgan fingerprint density at radius 2 is 1.30 bits per heavy atom. The molecule has 0 amide bonds. The summed E-state index contributed by atoms with van der Waals surface area (Å²) >= 11 is 0. The van der Waals surface area contributed by atoms with Gasteiger partial charge in [0.1, 0.15) is 17.1 Å². The number of aliphatic hydroxyl groups is 2. The molecule has 4 rings (SSSR count). The van der Waals surface area contributed by atoms with Gasteiger partial charge in [-0.3, -0.25) is 0 Å². The van der Waals surface area contributed by atoms with Crippen LogP contribution in [0.15, 0.2) is 78.9 Å². The van der Waals surface area contributed by atoms with Gasteiger partial charge in [0.15, 0.2) is 0 Å². The molecule has 1 fully saturated rings. The lowest BCUT2D eigenvalue weighted by molar-refractivity contribution is -0.0874. The third kappa shape index (κ3) is 2.91. The molecule has 0 heterocycles. The molecule has 1 saturated carbocycles. The zero-order valence-corrected chi connectivity index (χ0v) is 17.4. The van der Waals surface area contributed by atoms with Crippen LogP contribution >= 0.6 is 0 Å². The zero-order valence-electron chi connectivity index (χ0n) is 17.4. The number of hydrogen-bond acceptors (Lipinski definition) is 4. The minimum Gasteiger partial charge on any atom is -0.496 e. The van der Waals surface area contributed by atoms with Crippen LogP contribution in [0.25, 0.3) is 0 Å². The van der Waals surface area contributed by atoms with Gasteiger partial charge in [-0.2, -0.15) is 0 Å². The van der Waals surface area contributed by atoms with Gasteiger partial charge in [-0.25, -0.2) is 0 Å². The van der Waals surface area contributed by atoms with Crippen LogP contribution in [0, 0.1) is 0 Å². The molecule has 4 heteroatoms. The Balaban J connectivity index is 2.20. The summed E-state index contributed by atoms with van der Waals surface area (Å²) < 4.78 is 11.5. The summed E-state index contributed by atoms with van der Waals surface area (Å²) in [6.45, 7) is 0. The van der Waals surface area contributed by atoms with Gasteiger partial charge >= 0.3 is 0 Å². The summed E-state index contributed by atoms with van der Waals surface area (Å²) in [7, 11) is 3.26. The topological polar surface area (TPSA) is 58.9 Å². The van der Waals surface area contributed by atoms with Gasteiger partial charge < -0.3 is 19.7 Å². The van der Waals surface area contributed by atoms with Crippen LogP contribution in [0.4, 0.5) is 0 Å². The van der Waals surface area contributed by atoms with Crippen molar-refractivity contribution in [3.05, 3.63) is 95.6 Å². The largest absolute Gasteiger partial charge is 0.496 e. The fourth-order valence-corrected chi connectivity index (χ4v) is 5.18. The van der Waals surface area contributed by atoms with Crippen molar-refractivity contribution in [3.63, 3.8) is 0 Å². The maximum absolute atomic E-state index is 12.3. The SMILES string of the molecule is COc1ccccc1C(c1ccccc1)(c1ccccc1OC)C1(O)CCCC1O. The van der Waals surface area contributed by atoms with E-state index in [9.17, 15) is 10.2 Å². The van der Waals surface area contributed by atoms with Crippen molar-refractivity contribution in [2.75, 3.05) is 14.2 Å². The van der Waals surface area contributed by atoms with E-state index in [2.05, 4.69) is 0 Å². The number of para-hydroxylation sites is 2. The van der Waals surface area contributed by atoms with Crippen LogP contribution < -0.4 is 9.47 Å². The average Bonchev–Trinajstić information content (AvgIpc) is 3.15. The lowest BCUT2D eigenvalue weighted by atomic mass is 9.57. The van der Waals surface area contributed by atoms with Gasteiger partial charge in [0.25, 0.3) is 0 Å². The molecule has 0 aromatic heterocycles. The molecule has 0 radical (unpaired) electrons. The fourth-order valence-electron chi connectivity index (χ4n) is 5.18. The molecule has 0 bridgehead atoms. The van der Waals surface area contributed by atoms with E-state index in [1.165, 1.54) is 0 Å². The van der Waals surface area contributed by atoms with E-state index >= 15 is 0 Å². The van der Waals surface area contributed by atoms with E-state index in [-0.39, 0.29) is 0 Å². The molecule has 2 unspecified atom stereocenters. The molecule has 156 valence electrons. The molecule has 2 N–H and O–H groups in total. The van der Waals surface area contributed by atoms with Gasteiger partial charge in [0, 0.05) is 11.1 Å². The van der Waals surface area contributed by atoms with Crippen molar-refractivity contribution in [2.45, 2.75) is 36.4 Å². The second-order valence-electron chi connectivity index (χ2n) is 7.85. The predicted octanol–water partition coefficient (Wildman–Crippen LogP) is 4.31. The Bertz CT molecular complexity index is 953. The molecule has 0 aliphatic heterocycles. The lowest BCUT2D eigenvalue weighted by Crippen LogP contribution is -2.58. The first-order valence-electron chi connectivity index (χ1n) is 10.3. The third-order valence-electron chi connectivity index (χ3n) is 6.46. The van der Waals surface area contributed by atoms with E-state index in [4.69, 9.17) is 9.47 Å². The maximum Gasteiger partial charge on any atom is 0.123 e. The second kappa shape index (κ2) is 8.13. The van der Waals surface area contributed by atoms with E-state index in [1.54, 1.807) is 14.2 Å². The average molecular weight is 405 g/mol. The second-order valence-corrected chi connectivity index (χ2v) is 7.85. The predicted molar refractivity (Wildman–Crippen MR) is 117 cm³/mol. The summed E-state index contributed by atoms with van der Waals surface area (Å²) in [5.74, 6) is 1.31.